The van der Waals surface area contributed by atoms with E-state index in [4.69, 9.17) is 22.9 Å². The van der Waals surface area contributed by atoms with E-state index in [1.807, 2.05) is 0 Å². The number of carbonyl (C=O) groups is 10. The number of carboxylic acids is 1. The Labute approximate surface area is 361 Å². The molecule has 1 aliphatic rings. The fraction of sp³-hybridized carbons (Fsp3) is 0.538. The van der Waals surface area contributed by atoms with Crippen molar-refractivity contribution in [2.24, 2.45) is 28.9 Å². The first-order valence-corrected chi connectivity index (χ1v) is 21.3. The van der Waals surface area contributed by atoms with Gasteiger partial charge in [-0.2, -0.15) is 11.8 Å². The zero-order chi connectivity index (χ0) is 46.3. The Bertz CT molecular complexity index is 1990. The van der Waals surface area contributed by atoms with Crippen LogP contribution < -0.4 is 49.5 Å². The van der Waals surface area contributed by atoms with E-state index in [1.165, 1.54) is 16.7 Å². The molecule has 1 saturated heterocycles. The van der Waals surface area contributed by atoms with Gasteiger partial charge in [-0.3, -0.25) is 43.2 Å². The van der Waals surface area contributed by atoms with E-state index in [9.17, 15) is 53.1 Å². The lowest BCUT2D eigenvalue weighted by molar-refractivity contribution is -0.145. The quantitative estimate of drug-likeness (QED) is 0.0473. The Balaban J connectivity index is 1.91. The zero-order valence-electron chi connectivity index (χ0n) is 34.8. The van der Waals surface area contributed by atoms with Gasteiger partial charge < -0.3 is 64.5 Å². The van der Waals surface area contributed by atoms with Crippen LogP contribution in [0.3, 0.4) is 0 Å². The molecule has 7 atom stereocenters. The first-order chi connectivity index (χ1) is 29.2. The Morgan fingerprint density at radius 2 is 1.32 bits per heavy atom. The molecule has 1 aromatic heterocycles. The number of H-pyrrole nitrogens is 1. The lowest BCUT2D eigenvalue weighted by Crippen LogP contribution is -2.60. The summed E-state index contributed by atoms with van der Waals surface area (Å²) in [7, 11) is 0. The summed E-state index contributed by atoms with van der Waals surface area (Å²) in [5, 5.41) is 22.6. The molecule has 0 aliphatic carbocycles. The maximum absolute atomic E-state index is 14.2. The van der Waals surface area contributed by atoms with Gasteiger partial charge in [-0.05, 0) is 55.2 Å². The number of benzene rings is 1. The zero-order valence-corrected chi connectivity index (χ0v) is 35.6. The highest BCUT2D eigenvalue weighted by Crippen LogP contribution is 2.22. The molecule has 15 N–H and O–H groups in total. The standard InChI is InChI=1S/C39H57N11O11S/c1-19(2)13-28(39(60)61)49-37(58)29-9-6-11-50(29)38(59)24(10-12-62-3)45-35(56)27(17-32(43)53)48-34(55)25(14-20-18-44-23-8-5-4-7-21(20)23)47-36(57)26(16-31(42)52)46-33(54)22(40)15-30(41)51/h4-5,7-8,18-19,22,24-29,44H,6,9-17,40H2,1-3H3,(H2,41,51)(H2,42,52)(H2,43,53)(H,45,56)(H,46,54)(H,47,57)(H,48,55)(H,49,58)(H,60,61)/t22-,24-,25-,26-,27-,28-,29-/m0/s1. The van der Waals surface area contributed by atoms with Crippen molar-refractivity contribution >= 4 is 81.8 Å². The summed E-state index contributed by atoms with van der Waals surface area (Å²) in [5.74, 6) is -9.29. The minimum Gasteiger partial charge on any atom is -0.480 e. The summed E-state index contributed by atoms with van der Waals surface area (Å²) in [6.45, 7) is 3.74. The molecule has 22 nitrogen and oxygen atoms in total. The van der Waals surface area contributed by atoms with Gasteiger partial charge in [0, 0.05) is 30.1 Å². The second kappa shape index (κ2) is 23.7. The third kappa shape index (κ3) is 15.0. The minimum atomic E-state index is -1.70. The Morgan fingerprint density at radius 1 is 0.774 bits per heavy atom. The van der Waals surface area contributed by atoms with Gasteiger partial charge in [0.25, 0.3) is 0 Å². The van der Waals surface area contributed by atoms with Gasteiger partial charge in [0.05, 0.1) is 25.3 Å². The van der Waals surface area contributed by atoms with Crippen LogP contribution >= 0.6 is 11.8 Å². The third-order valence-corrected chi connectivity index (χ3v) is 10.6. The van der Waals surface area contributed by atoms with E-state index in [0.717, 1.165) is 0 Å². The molecule has 3 rings (SSSR count). The van der Waals surface area contributed by atoms with Crippen LogP contribution in [0, 0.1) is 5.92 Å². The number of aromatic nitrogens is 1. The number of primary amides is 3. The molecule has 0 saturated carbocycles. The molecule has 0 unspecified atom stereocenters. The van der Waals surface area contributed by atoms with Crippen molar-refractivity contribution in [2.75, 3.05) is 18.6 Å². The number of nitrogens with two attached hydrogens (primary N) is 4. The van der Waals surface area contributed by atoms with Crippen LogP contribution in [0.5, 0.6) is 0 Å². The summed E-state index contributed by atoms with van der Waals surface area (Å²) < 4.78 is 0. The van der Waals surface area contributed by atoms with Gasteiger partial charge in [-0.15, -0.1) is 0 Å². The molecule has 0 bridgehead atoms. The van der Waals surface area contributed by atoms with Crippen LogP contribution in [0.2, 0.25) is 0 Å². The molecule has 1 fully saturated rings. The number of para-hydroxylation sites is 1. The lowest BCUT2D eigenvalue weighted by Gasteiger charge is -2.30. The molecule has 1 aliphatic heterocycles. The molecular formula is C39H57N11O11S. The molecule has 23 heteroatoms. The van der Waals surface area contributed by atoms with E-state index in [0.29, 0.717) is 28.6 Å². The Kier molecular flexibility index (Phi) is 19.1. The van der Waals surface area contributed by atoms with Crippen molar-refractivity contribution in [1.29, 1.82) is 0 Å². The topological polar surface area (TPSA) is 374 Å². The first-order valence-electron chi connectivity index (χ1n) is 19.9. The number of nitrogens with one attached hydrogen (secondary N) is 6. The minimum absolute atomic E-state index is 0.0516. The number of carboxylic acid groups (broad SMARTS) is 1. The van der Waals surface area contributed by atoms with Crippen molar-refractivity contribution < 1.29 is 53.1 Å². The van der Waals surface area contributed by atoms with Crippen molar-refractivity contribution in [1.82, 2.24) is 36.5 Å². The summed E-state index contributed by atoms with van der Waals surface area (Å²) in [5.41, 5.74) is 22.9. The SMILES string of the molecule is CSCC[C@H](NC(=O)[C@H](CC(N)=O)NC(=O)[C@H](Cc1c[nH]c2ccccc12)NC(=O)[C@H](CC(N)=O)NC(=O)[C@@H](N)CC(N)=O)C(=O)N1CCC[C@H]1C(=O)N[C@@H](CC(C)C)C(=O)O. The molecule has 9 amide bonds. The second-order valence-electron chi connectivity index (χ2n) is 15.4. The van der Waals surface area contributed by atoms with Crippen molar-refractivity contribution in [3.05, 3.63) is 36.0 Å². The second-order valence-corrected chi connectivity index (χ2v) is 16.4. The highest BCUT2D eigenvalue weighted by molar-refractivity contribution is 7.98. The van der Waals surface area contributed by atoms with E-state index >= 15 is 0 Å². The number of aliphatic carboxylic acids is 1. The van der Waals surface area contributed by atoms with E-state index < -0.39 is 121 Å². The molecular weight excluding hydrogens is 831 g/mol. The Morgan fingerprint density at radius 3 is 1.89 bits per heavy atom. The number of hydrogen-bond acceptors (Lipinski definition) is 12. The summed E-state index contributed by atoms with van der Waals surface area (Å²) in [4.78, 5) is 134. The van der Waals surface area contributed by atoms with Gasteiger partial charge in [0.2, 0.25) is 53.2 Å². The molecule has 62 heavy (non-hydrogen) atoms. The predicted octanol–water partition coefficient (Wildman–Crippen LogP) is -3.04. The van der Waals surface area contributed by atoms with Gasteiger partial charge in [0.15, 0.2) is 0 Å². The number of carbonyl (C=O) groups excluding carboxylic acids is 9. The highest BCUT2D eigenvalue weighted by atomic mass is 32.2. The van der Waals surface area contributed by atoms with Crippen LogP contribution in [-0.4, -0.2) is 135 Å². The first kappa shape index (κ1) is 50.1. The van der Waals surface area contributed by atoms with Crippen LogP contribution in [0.1, 0.15) is 64.4 Å². The summed E-state index contributed by atoms with van der Waals surface area (Å²) in [6.07, 6.45) is 1.89. The number of fused-ring (bicyclic) bond motifs is 1. The van der Waals surface area contributed by atoms with Gasteiger partial charge >= 0.3 is 5.97 Å². The Hall–Kier alpha value is -6.23. The fourth-order valence-electron chi connectivity index (χ4n) is 6.91. The molecule has 2 heterocycles. The lowest BCUT2D eigenvalue weighted by atomic mass is 10.0. The maximum atomic E-state index is 14.2. The smallest absolute Gasteiger partial charge is 0.326 e. The van der Waals surface area contributed by atoms with Crippen LogP contribution in [0.4, 0.5) is 0 Å². The van der Waals surface area contributed by atoms with E-state index in [1.54, 1.807) is 50.6 Å². The van der Waals surface area contributed by atoms with Crippen LogP contribution in [0.25, 0.3) is 10.9 Å². The largest absolute Gasteiger partial charge is 0.480 e. The number of thioether (sulfide) groups is 1. The fourth-order valence-corrected chi connectivity index (χ4v) is 7.38. The average molecular weight is 888 g/mol. The molecule has 0 radical (unpaired) electrons. The maximum Gasteiger partial charge on any atom is 0.326 e. The monoisotopic (exact) mass is 887 g/mol. The number of rotatable bonds is 25. The van der Waals surface area contributed by atoms with E-state index in [-0.39, 0.29) is 38.1 Å². The third-order valence-electron chi connectivity index (χ3n) is 9.95. The van der Waals surface area contributed by atoms with Gasteiger partial charge in [-0.1, -0.05) is 32.0 Å². The predicted molar refractivity (Wildman–Crippen MR) is 226 cm³/mol. The highest BCUT2D eigenvalue weighted by Gasteiger charge is 2.40. The normalized spacial score (nSPS) is 16.5. The van der Waals surface area contributed by atoms with Crippen molar-refractivity contribution in [2.45, 2.75) is 108 Å². The number of nitrogens with zero attached hydrogens (tertiary/aromatic N) is 1. The van der Waals surface area contributed by atoms with Crippen LogP contribution in [0.15, 0.2) is 30.5 Å². The average Bonchev–Trinajstić information content (AvgIpc) is 3.85. The number of aromatic amines is 1. The summed E-state index contributed by atoms with van der Waals surface area (Å²) in [6, 6.07) is -2.91. The van der Waals surface area contributed by atoms with Crippen molar-refractivity contribution in [3.8, 4) is 0 Å². The number of hydrogen-bond donors (Lipinski definition) is 11. The van der Waals surface area contributed by atoms with Crippen LogP contribution in [-0.2, 0) is 54.4 Å². The molecule has 340 valence electrons. The van der Waals surface area contributed by atoms with Gasteiger partial charge in [-0.25, -0.2) is 4.79 Å². The molecule has 0 spiro atoms. The summed E-state index contributed by atoms with van der Waals surface area (Å²) >= 11 is 1.36. The van der Waals surface area contributed by atoms with Gasteiger partial charge in [0.1, 0.15) is 36.3 Å². The van der Waals surface area contributed by atoms with Crippen molar-refractivity contribution in [3.63, 3.8) is 0 Å². The van der Waals surface area contributed by atoms with E-state index in [2.05, 4.69) is 31.6 Å². The molecule has 2 aromatic rings. The molecule has 1 aromatic carbocycles. The number of amides is 9. The number of likely N-dealkylation sites (tertiary alicyclic amines) is 1.